The first-order valence-electron chi connectivity index (χ1n) is 9.52. The van der Waals surface area contributed by atoms with Gasteiger partial charge in [-0.15, -0.1) is 11.3 Å². The van der Waals surface area contributed by atoms with Crippen LogP contribution in [0, 0.1) is 12.7 Å². The van der Waals surface area contributed by atoms with E-state index in [9.17, 15) is 18.8 Å². The monoisotopic (exact) mass is 422 g/mol. The standard InChI is InChI=1S/C23H19FN2O3S/c1-3-14-4-6-15(7-5-14)17-12-30-21-20(17)22(28)26(23(29)25-21)11-19(27)16-8-9-18(24)13(2)10-16/h4-10,12H,3,11H2,1-2H3,(H,25,29). The topological polar surface area (TPSA) is 71.9 Å². The molecule has 0 radical (unpaired) electrons. The van der Waals surface area contributed by atoms with Crippen LogP contribution in [0.4, 0.5) is 4.39 Å². The molecule has 0 saturated heterocycles. The number of H-pyrrole nitrogens is 1. The van der Waals surface area contributed by atoms with Gasteiger partial charge in [-0.25, -0.2) is 9.18 Å². The molecular weight excluding hydrogens is 403 g/mol. The summed E-state index contributed by atoms with van der Waals surface area (Å²) in [4.78, 5) is 41.5. The largest absolute Gasteiger partial charge is 0.329 e. The van der Waals surface area contributed by atoms with E-state index in [2.05, 4.69) is 11.9 Å². The lowest BCUT2D eigenvalue weighted by molar-refractivity contribution is 0.0969. The van der Waals surface area contributed by atoms with E-state index in [0.29, 0.717) is 15.8 Å². The number of fused-ring (bicyclic) bond motifs is 1. The van der Waals surface area contributed by atoms with Crippen LogP contribution in [0.3, 0.4) is 0 Å². The van der Waals surface area contributed by atoms with Crippen molar-refractivity contribution >= 4 is 27.3 Å². The number of aromatic nitrogens is 2. The molecule has 1 N–H and O–H groups in total. The van der Waals surface area contributed by atoms with Gasteiger partial charge in [0.05, 0.1) is 11.9 Å². The molecule has 0 aliphatic carbocycles. The number of benzene rings is 2. The second-order valence-corrected chi connectivity index (χ2v) is 7.99. The number of ketones is 1. The normalized spacial score (nSPS) is 11.2. The minimum absolute atomic E-state index is 0.251. The molecule has 0 aliphatic rings. The van der Waals surface area contributed by atoms with Gasteiger partial charge >= 0.3 is 5.69 Å². The van der Waals surface area contributed by atoms with Crippen molar-refractivity contribution in [3.63, 3.8) is 0 Å². The Hall–Kier alpha value is -3.32. The number of nitrogens with one attached hydrogen (secondary N) is 1. The summed E-state index contributed by atoms with van der Waals surface area (Å²) in [5, 5.41) is 2.21. The highest BCUT2D eigenvalue weighted by atomic mass is 32.1. The van der Waals surface area contributed by atoms with Crippen LogP contribution in [0.25, 0.3) is 21.3 Å². The van der Waals surface area contributed by atoms with E-state index in [1.807, 2.05) is 29.6 Å². The van der Waals surface area contributed by atoms with Crippen LogP contribution in [-0.2, 0) is 13.0 Å². The van der Waals surface area contributed by atoms with Crippen molar-refractivity contribution in [1.29, 1.82) is 0 Å². The summed E-state index contributed by atoms with van der Waals surface area (Å²) in [5.41, 5.74) is 2.19. The van der Waals surface area contributed by atoms with Gasteiger partial charge in [0.25, 0.3) is 5.56 Å². The Balaban J connectivity index is 1.78. The quantitative estimate of drug-likeness (QED) is 0.487. The zero-order chi connectivity index (χ0) is 21.4. The maximum Gasteiger partial charge on any atom is 0.329 e. The summed E-state index contributed by atoms with van der Waals surface area (Å²) in [6, 6.07) is 11.9. The fraction of sp³-hybridized carbons (Fsp3) is 0.174. The van der Waals surface area contributed by atoms with Crippen LogP contribution in [0.15, 0.2) is 57.4 Å². The van der Waals surface area contributed by atoms with Gasteiger partial charge in [-0.3, -0.25) is 19.1 Å². The highest BCUT2D eigenvalue weighted by Gasteiger charge is 2.18. The number of halogens is 1. The molecule has 5 nitrogen and oxygen atoms in total. The summed E-state index contributed by atoms with van der Waals surface area (Å²) < 4.78 is 14.4. The lowest BCUT2D eigenvalue weighted by atomic mass is 10.0. The predicted molar refractivity (Wildman–Crippen MR) is 117 cm³/mol. The van der Waals surface area contributed by atoms with Crippen molar-refractivity contribution in [1.82, 2.24) is 9.55 Å². The van der Waals surface area contributed by atoms with Gasteiger partial charge < -0.3 is 0 Å². The van der Waals surface area contributed by atoms with Crippen LogP contribution in [0.1, 0.15) is 28.4 Å². The van der Waals surface area contributed by atoms with Gasteiger partial charge in [0.1, 0.15) is 10.6 Å². The second-order valence-electron chi connectivity index (χ2n) is 7.11. The van der Waals surface area contributed by atoms with Crippen molar-refractivity contribution in [2.24, 2.45) is 0 Å². The van der Waals surface area contributed by atoms with Crippen LogP contribution in [0.5, 0.6) is 0 Å². The van der Waals surface area contributed by atoms with Gasteiger partial charge in [0, 0.05) is 16.5 Å². The number of Topliss-reactive ketones (excluding diaryl/α,β-unsaturated/α-hetero) is 1. The molecular formula is C23H19FN2O3S. The molecule has 7 heteroatoms. The first-order valence-corrected chi connectivity index (χ1v) is 10.4. The van der Waals surface area contributed by atoms with Gasteiger partial charge in [0.2, 0.25) is 0 Å². The van der Waals surface area contributed by atoms with E-state index in [4.69, 9.17) is 0 Å². The van der Waals surface area contributed by atoms with Gasteiger partial charge in [-0.05, 0) is 48.2 Å². The summed E-state index contributed by atoms with van der Waals surface area (Å²) in [5.74, 6) is -0.853. The molecule has 4 aromatic rings. The molecule has 0 saturated carbocycles. The summed E-state index contributed by atoms with van der Waals surface area (Å²) in [6.07, 6.45) is 0.912. The minimum Gasteiger partial charge on any atom is -0.298 e. The van der Waals surface area contributed by atoms with Crippen molar-refractivity contribution in [2.75, 3.05) is 0 Å². The van der Waals surface area contributed by atoms with E-state index in [1.165, 1.54) is 35.1 Å². The number of carbonyl (C=O) groups is 1. The highest BCUT2D eigenvalue weighted by molar-refractivity contribution is 7.17. The lowest BCUT2D eigenvalue weighted by Gasteiger charge is -2.07. The first-order chi connectivity index (χ1) is 14.4. The highest BCUT2D eigenvalue weighted by Crippen LogP contribution is 2.30. The number of nitrogens with zero attached hydrogens (tertiary/aromatic N) is 1. The Kier molecular flexibility index (Phi) is 5.22. The third-order valence-corrected chi connectivity index (χ3v) is 6.07. The molecule has 152 valence electrons. The molecule has 2 heterocycles. The fourth-order valence-electron chi connectivity index (χ4n) is 3.38. The van der Waals surface area contributed by atoms with Crippen LogP contribution < -0.4 is 11.2 Å². The Bertz CT molecular complexity index is 1380. The zero-order valence-electron chi connectivity index (χ0n) is 16.5. The minimum atomic E-state index is -0.644. The van der Waals surface area contributed by atoms with Crippen LogP contribution >= 0.6 is 11.3 Å². The molecule has 2 aromatic carbocycles. The average Bonchev–Trinajstić information content (AvgIpc) is 3.16. The SMILES string of the molecule is CCc1ccc(-c2csc3[nH]c(=O)n(CC(=O)c4ccc(F)c(C)c4)c(=O)c23)cc1. The molecule has 0 spiro atoms. The zero-order valence-corrected chi connectivity index (χ0v) is 17.3. The molecule has 0 fully saturated rings. The summed E-state index contributed by atoms with van der Waals surface area (Å²) >= 11 is 1.28. The summed E-state index contributed by atoms with van der Waals surface area (Å²) in [6.45, 7) is 3.20. The third kappa shape index (κ3) is 3.52. The van der Waals surface area contributed by atoms with Gasteiger partial charge in [-0.2, -0.15) is 0 Å². The first kappa shape index (κ1) is 20.0. The molecule has 4 rings (SSSR count). The maximum absolute atomic E-state index is 13.5. The van der Waals surface area contributed by atoms with E-state index in [0.717, 1.165) is 22.1 Å². The van der Waals surface area contributed by atoms with Crippen molar-refractivity contribution in [2.45, 2.75) is 26.8 Å². The predicted octanol–water partition coefficient (Wildman–Crippen LogP) is 4.31. The average molecular weight is 422 g/mol. The van der Waals surface area contributed by atoms with Gasteiger partial charge in [0.15, 0.2) is 5.78 Å². The number of aromatic amines is 1. The van der Waals surface area contributed by atoms with Gasteiger partial charge in [-0.1, -0.05) is 31.2 Å². The smallest absolute Gasteiger partial charge is 0.298 e. The van der Waals surface area contributed by atoms with Crippen LogP contribution in [-0.4, -0.2) is 15.3 Å². The van der Waals surface area contributed by atoms with Crippen molar-refractivity contribution in [3.05, 3.63) is 91.2 Å². The van der Waals surface area contributed by atoms with E-state index in [1.54, 1.807) is 6.92 Å². The van der Waals surface area contributed by atoms with E-state index >= 15 is 0 Å². The van der Waals surface area contributed by atoms with E-state index < -0.39 is 29.4 Å². The second kappa shape index (κ2) is 7.84. The molecule has 0 unspecified atom stereocenters. The Morgan fingerprint density at radius 1 is 1.13 bits per heavy atom. The van der Waals surface area contributed by atoms with Crippen molar-refractivity contribution in [3.8, 4) is 11.1 Å². The summed E-state index contributed by atoms with van der Waals surface area (Å²) in [7, 11) is 0. The van der Waals surface area contributed by atoms with Crippen molar-refractivity contribution < 1.29 is 9.18 Å². The van der Waals surface area contributed by atoms with Crippen LogP contribution in [0.2, 0.25) is 0 Å². The Morgan fingerprint density at radius 3 is 2.53 bits per heavy atom. The lowest BCUT2D eigenvalue weighted by Crippen LogP contribution is -2.37. The Morgan fingerprint density at radius 2 is 1.87 bits per heavy atom. The molecule has 2 aromatic heterocycles. The number of aryl methyl sites for hydroxylation is 2. The molecule has 0 bridgehead atoms. The molecule has 30 heavy (non-hydrogen) atoms. The number of hydrogen-bond acceptors (Lipinski definition) is 4. The number of thiophene rings is 1. The van der Waals surface area contributed by atoms with E-state index in [-0.39, 0.29) is 5.56 Å². The number of hydrogen-bond donors (Lipinski definition) is 1. The number of carbonyl (C=O) groups excluding carboxylic acids is 1. The Labute approximate surface area is 175 Å². The molecule has 0 atom stereocenters. The number of rotatable bonds is 5. The molecule has 0 amide bonds. The third-order valence-electron chi connectivity index (χ3n) is 5.17. The fourth-order valence-corrected chi connectivity index (χ4v) is 4.33. The maximum atomic E-state index is 13.5. The molecule has 0 aliphatic heterocycles.